The molecule has 178 valence electrons. The quantitative estimate of drug-likeness (QED) is 0.241. The molecule has 2 aromatic rings. The third kappa shape index (κ3) is 9.24. The van der Waals surface area contributed by atoms with E-state index in [0.717, 1.165) is 0 Å². The molecular formula is C21H30N2O9. The van der Waals surface area contributed by atoms with Crippen molar-refractivity contribution in [3.63, 3.8) is 0 Å². The Bertz CT molecular complexity index is 764. The van der Waals surface area contributed by atoms with Gasteiger partial charge in [-0.05, 0) is 24.3 Å². The smallest absolute Gasteiger partial charge is 0.147 e. The lowest BCUT2D eigenvalue weighted by atomic mass is 10.3. The van der Waals surface area contributed by atoms with Gasteiger partial charge in [0.1, 0.15) is 36.1 Å². The van der Waals surface area contributed by atoms with Crippen molar-refractivity contribution in [3.05, 3.63) is 48.5 Å². The predicted octanol–water partition coefficient (Wildman–Crippen LogP) is 2.54. The number of rotatable bonds is 17. The maximum Gasteiger partial charge on any atom is 0.147 e. The largest absolute Gasteiger partial charge is 0.489 e. The summed E-state index contributed by atoms with van der Waals surface area (Å²) in [5.41, 5.74) is 0.549. The predicted molar refractivity (Wildman–Crippen MR) is 114 cm³/mol. The number of nitrogens with zero attached hydrogens (tertiary/aromatic N) is 2. The first-order valence-electron chi connectivity index (χ1n) is 10.0. The summed E-state index contributed by atoms with van der Waals surface area (Å²) in [6.45, 7) is 2.90. The Morgan fingerprint density at radius 2 is 1.00 bits per heavy atom. The third-order valence-electron chi connectivity index (χ3n) is 4.04. The fraction of sp³-hybridized carbons (Fsp3) is 0.429. The second-order valence-corrected chi connectivity index (χ2v) is 6.21. The van der Waals surface area contributed by atoms with Crippen LogP contribution in [0.1, 0.15) is 0 Å². The summed E-state index contributed by atoms with van der Waals surface area (Å²) in [6.07, 6.45) is 0. The number of anilines is 2. The van der Waals surface area contributed by atoms with E-state index in [1.165, 1.54) is 13.2 Å². The summed E-state index contributed by atoms with van der Waals surface area (Å²) in [6, 6.07) is 13.5. The fourth-order valence-electron chi connectivity index (χ4n) is 2.54. The van der Waals surface area contributed by atoms with E-state index in [9.17, 15) is 5.21 Å². The molecule has 0 bridgehead atoms. The van der Waals surface area contributed by atoms with Gasteiger partial charge in [0.25, 0.3) is 0 Å². The Balaban J connectivity index is 1.43. The van der Waals surface area contributed by atoms with Crippen molar-refractivity contribution < 1.29 is 44.1 Å². The van der Waals surface area contributed by atoms with Crippen molar-refractivity contribution in [2.75, 3.05) is 70.4 Å². The van der Waals surface area contributed by atoms with Crippen LogP contribution < -0.4 is 19.9 Å². The van der Waals surface area contributed by atoms with Gasteiger partial charge in [-0.25, -0.2) is 0 Å². The zero-order chi connectivity index (χ0) is 23.0. The average Bonchev–Trinajstić information content (AvgIpc) is 2.82. The Kier molecular flexibility index (Phi) is 12.2. The summed E-state index contributed by atoms with van der Waals surface area (Å²) in [5, 5.41) is 28.5. The molecule has 32 heavy (non-hydrogen) atoms. The second-order valence-electron chi connectivity index (χ2n) is 6.21. The molecule has 0 saturated heterocycles. The van der Waals surface area contributed by atoms with Crippen LogP contribution in [0.4, 0.5) is 11.4 Å². The molecule has 0 saturated carbocycles. The monoisotopic (exact) mass is 454 g/mol. The average molecular weight is 454 g/mol. The van der Waals surface area contributed by atoms with Gasteiger partial charge in [0.2, 0.25) is 0 Å². The Morgan fingerprint density at radius 1 is 0.594 bits per heavy atom. The number of ether oxygens (including phenoxy) is 5. The zero-order valence-electron chi connectivity index (χ0n) is 18.0. The molecule has 0 fully saturated rings. The lowest BCUT2D eigenvalue weighted by molar-refractivity contribution is -0.0129. The van der Waals surface area contributed by atoms with Gasteiger partial charge in [-0.1, -0.05) is 24.3 Å². The van der Waals surface area contributed by atoms with Gasteiger partial charge >= 0.3 is 0 Å². The van der Waals surface area contributed by atoms with E-state index in [2.05, 4.69) is 0 Å². The van der Waals surface area contributed by atoms with Crippen LogP contribution in [-0.4, -0.2) is 75.6 Å². The van der Waals surface area contributed by atoms with E-state index in [-0.39, 0.29) is 17.5 Å². The molecule has 0 spiro atoms. The molecule has 0 heterocycles. The highest BCUT2D eigenvalue weighted by molar-refractivity contribution is 5.55. The molecule has 0 aliphatic rings. The van der Waals surface area contributed by atoms with Gasteiger partial charge in [-0.3, -0.25) is 20.5 Å². The van der Waals surface area contributed by atoms with Crippen molar-refractivity contribution in [2.24, 2.45) is 0 Å². The van der Waals surface area contributed by atoms with Crippen LogP contribution in [0, 0.1) is 0 Å². The fourth-order valence-corrected chi connectivity index (χ4v) is 2.54. The third-order valence-corrected chi connectivity index (χ3v) is 4.04. The van der Waals surface area contributed by atoms with Gasteiger partial charge in [-0.15, -0.1) is 10.5 Å². The highest BCUT2D eigenvalue weighted by Gasteiger charge is 2.09. The van der Waals surface area contributed by atoms with Crippen LogP contribution in [0.25, 0.3) is 0 Å². The van der Waals surface area contributed by atoms with Crippen LogP contribution in [0.5, 0.6) is 11.5 Å². The molecule has 11 nitrogen and oxygen atoms in total. The molecular weight excluding hydrogens is 424 g/mol. The molecule has 11 heteroatoms. The molecule has 0 aromatic heterocycles. The first-order valence-corrected chi connectivity index (χ1v) is 10.0. The van der Waals surface area contributed by atoms with Crippen LogP contribution in [0.3, 0.4) is 0 Å². The molecule has 2 aromatic carbocycles. The van der Waals surface area contributed by atoms with E-state index in [0.29, 0.717) is 68.7 Å². The van der Waals surface area contributed by atoms with Crippen molar-refractivity contribution in [3.8, 4) is 11.5 Å². The maximum absolute atomic E-state index is 9.63. The Hall–Kier alpha value is -2.64. The molecule has 0 atom stereocenters. The summed E-state index contributed by atoms with van der Waals surface area (Å²) < 4.78 is 27.3. The number of para-hydroxylation sites is 4. The van der Waals surface area contributed by atoms with Crippen molar-refractivity contribution in [1.82, 2.24) is 0 Å². The molecule has 0 amide bonds. The first kappa shape index (κ1) is 25.6. The van der Waals surface area contributed by atoms with Crippen molar-refractivity contribution >= 4 is 11.4 Å². The van der Waals surface area contributed by atoms with E-state index in [1.807, 2.05) is 0 Å². The Morgan fingerprint density at radius 3 is 1.47 bits per heavy atom. The van der Waals surface area contributed by atoms with Gasteiger partial charge < -0.3 is 23.7 Å². The van der Waals surface area contributed by atoms with E-state index >= 15 is 0 Å². The molecule has 0 aliphatic carbocycles. The minimum Gasteiger partial charge on any atom is -0.489 e. The highest BCUT2D eigenvalue weighted by atomic mass is 16.9. The summed E-state index contributed by atoms with van der Waals surface area (Å²) in [4.78, 5) is 4.75. The van der Waals surface area contributed by atoms with Crippen LogP contribution in [0.2, 0.25) is 0 Å². The normalized spacial score (nSPS) is 10.8. The molecule has 0 aliphatic heterocycles. The lowest BCUT2D eigenvalue weighted by Crippen LogP contribution is -2.18. The number of hydrogen-bond acceptors (Lipinski definition) is 11. The van der Waals surface area contributed by atoms with Crippen molar-refractivity contribution in [2.45, 2.75) is 0 Å². The molecule has 3 N–H and O–H groups in total. The van der Waals surface area contributed by atoms with Crippen LogP contribution in [0.15, 0.2) is 48.5 Å². The number of benzene rings is 2. The second kappa shape index (κ2) is 15.2. The maximum atomic E-state index is 9.63. The SMILES string of the molecule is CON(O)c1ccccc1OCCOCCOCCOCCOc1ccccc1N(O)O. The highest BCUT2D eigenvalue weighted by Crippen LogP contribution is 2.27. The standard InChI is InChI=1S/C21H30N2O9/c1-27-23(26)19-7-3-5-9-21(19)32-17-15-30-13-11-28-10-12-29-14-16-31-20-8-4-2-6-18(20)22(24)25/h2-9,24-26H,10-17H2,1H3. The Labute approximate surface area is 186 Å². The van der Waals surface area contributed by atoms with E-state index in [4.69, 9.17) is 38.9 Å². The lowest BCUT2D eigenvalue weighted by Gasteiger charge is -2.17. The minimum absolute atomic E-state index is 0.0150. The first-order chi connectivity index (χ1) is 15.6. The summed E-state index contributed by atoms with van der Waals surface area (Å²) in [5.74, 6) is 0.820. The van der Waals surface area contributed by atoms with Crippen LogP contribution in [-0.2, 0) is 19.0 Å². The molecule has 0 radical (unpaired) electrons. The van der Waals surface area contributed by atoms with Gasteiger partial charge in [0.15, 0.2) is 0 Å². The summed E-state index contributed by atoms with van der Waals surface area (Å²) in [7, 11) is 1.35. The van der Waals surface area contributed by atoms with Crippen molar-refractivity contribution in [1.29, 1.82) is 0 Å². The number of hydrogen-bond donors (Lipinski definition) is 3. The van der Waals surface area contributed by atoms with E-state index in [1.54, 1.807) is 42.5 Å². The van der Waals surface area contributed by atoms with E-state index < -0.39 is 0 Å². The minimum atomic E-state index is 0.0150. The molecule has 2 rings (SSSR count). The zero-order valence-corrected chi connectivity index (χ0v) is 18.0. The van der Waals surface area contributed by atoms with Crippen LogP contribution >= 0.6 is 0 Å². The van der Waals surface area contributed by atoms with Gasteiger partial charge in [-0.2, -0.15) is 0 Å². The van der Waals surface area contributed by atoms with Gasteiger partial charge in [0, 0.05) is 0 Å². The summed E-state index contributed by atoms with van der Waals surface area (Å²) >= 11 is 0. The molecule has 0 unspecified atom stereocenters. The van der Waals surface area contributed by atoms with Gasteiger partial charge in [0.05, 0.1) is 46.8 Å². The topological polar surface area (TPSA) is 123 Å².